The molecule has 0 radical (unpaired) electrons. The minimum Gasteiger partial charge on any atom is -0.398 e. The zero-order chi connectivity index (χ0) is 14.5. The highest BCUT2D eigenvalue weighted by atomic mass is 19.4. The second-order valence-electron chi connectivity index (χ2n) is 4.31. The number of rotatable bonds is 5. The number of hydrogen-bond acceptors (Lipinski definition) is 2. The van der Waals surface area contributed by atoms with Gasteiger partial charge in [0.15, 0.2) is 0 Å². The van der Waals surface area contributed by atoms with Gasteiger partial charge in [-0.1, -0.05) is 19.8 Å². The number of benzene rings is 1. The lowest BCUT2D eigenvalue weighted by atomic mass is 10.1. The Labute approximate surface area is 110 Å². The Morgan fingerprint density at radius 1 is 1.32 bits per heavy atom. The van der Waals surface area contributed by atoms with Gasteiger partial charge in [-0.25, -0.2) is 0 Å². The number of carbonyl (C=O) groups is 1. The molecule has 0 aliphatic carbocycles. The molecule has 0 aliphatic rings. The van der Waals surface area contributed by atoms with Gasteiger partial charge in [-0.15, -0.1) is 0 Å². The molecular formula is C13H17F3N2O. The quantitative estimate of drug-likeness (QED) is 0.633. The fraction of sp³-hybridized carbons (Fsp3) is 0.462. The summed E-state index contributed by atoms with van der Waals surface area (Å²) < 4.78 is 37.9. The third-order valence-electron chi connectivity index (χ3n) is 2.65. The predicted octanol–water partition coefficient (Wildman–Crippen LogP) is 3.81. The van der Waals surface area contributed by atoms with Gasteiger partial charge in [-0.2, -0.15) is 13.2 Å². The number of alkyl halides is 3. The third-order valence-corrected chi connectivity index (χ3v) is 2.65. The number of nitrogens with two attached hydrogens (primary N) is 1. The Morgan fingerprint density at radius 2 is 2.00 bits per heavy atom. The molecule has 19 heavy (non-hydrogen) atoms. The largest absolute Gasteiger partial charge is 0.418 e. The van der Waals surface area contributed by atoms with Gasteiger partial charge in [0.05, 0.1) is 5.56 Å². The Hall–Kier alpha value is -1.72. The summed E-state index contributed by atoms with van der Waals surface area (Å²) >= 11 is 0. The Morgan fingerprint density at radius 3 is 2.58 bits per heavy atom. The van der Waals surface area contributed by atoms with Crippen LogP contribution in [0.1, 0.15) is 38.2 Å². The van der Waals surface area contributed by atoms with Crippen LogP contribution in [0.4, 0.5) is 24.5 Å². The Kier molecular flexibility index (Phi) is 5.20. The van der Waals surface area contributed by atoms with Crippen LogP contribution in [0.15, 0.2) is 18.2 Å². The number of hydrogen-bond donors (Lipinski definition) is 2. The summed E-state index contributed by atoms with van der Waals surface area (Å²) in [6, 6.07) is 3.36. The smallest absolute Gasteiger partial charge is 0.398 e. The van der Waals surface area contributed by atoms with Gasteiger partial charge in [0, 0.05) is 17.8 Å². The summed E-state index contributed by atoms with van der Waals surface area (Å²) in [7, 11) is 0. The van der Waals surface area contributed by atoms with E-state index in [-0.39, 0.29) is 17.3 Å². The fourth-order valence-corrected chi connectivity index (χ4v) is 1.64. The van der Waals surface area contributed by atoms with E-state index in [0.717, 1.165) is 31.4 Å². The summed E-state index contributed by atoms with van der Waals surface area (Å²) in [4.78, 5) is 11.5. The maximum Gasteiger partial charge on any atom is 0.418 e. The fourth-order valence-electron chi connectivity index (χ4n) is 1.64. The molecule has 3 N–H and O–H groups in total. The van der Waals surface area contributed by atoms with Gasteiger partial charge < -0.3 is 11.1 Å². The lowest BCUT2D eigenvalue weighted by Gasteiger charge is -2.12. The van der Waals surface area contributed by atoms with Gasteiger partial charge in [-0.05, 0) is 24.6 Å². The summed E-state index contributed by atoms with van der Waals surface area (Å²) in [5.74, 6) is -0.286. The summed E-state index contributed by atoms with van der Waals surface area (Å²) in [6.45, 7) is 2.01. The summed E-state index contributed by atoms with van der Waals surface area (Å²) in [6.07, 6.45) is -1.59. The van der Waals surface area contributed by atoms with Crippen molar-refractivity contribution in [2.24, 2.45) is 0 Å². The van der Waals surface area contributed by atoms with E-state index < -0.39 is 11.7 Å². The number of unbranched alkanes of at least 4 members (excludes halogenated alkanes) is 2. The molecule has 0 unspecified atom stereocenters. The SMILES string of the molecule is CCCCCC(=O)Nc1ccc(N)c(C(F)(F)F)c1. The lowest BCUT2D eigenvalue weighted by molar-refractivity contribution is -0.136. The summed E-state index contributed by atoms with van der Waals surface area (Å²) in [5.41, 5.74) is 4.10. The van der Waals surface area contributed by atoms with Gasteiger partial charge in [0.25, 0.3) is 0 Å². The number of halogens is 3. The number of amides is 1. The van der Waals surface area contributed by atoms with Crippen LogP contribution >= 0.6 is 0 Å². The average Bonchev–Trinajstić information content (AvgIpc) is 2.30. The maximum atomic E-state index is 12.6. The predicted molar refractivity (Wildman–Crippen MR) is 68.6 cm³/mol. The van der Waals surface area contributed by atoms with Crippen molar-refractivity contribution in [1.82, 2.24) is 0 Å². The van der Waals surface area contributed by atoms with Crippen LogP contribution in [0, 0.1) is 0 Å². The number of nitrogens with one attached hydrogen (secondary N) is 1. The molecule has 0 heterocycles. The third kappa shape index (κ3) is 4.81. The van der Waals surface area contributed by atoms with E-state index in [1.165, 1.54) is 6.07 Å². The second-order valence-corrected chi connectivity index (χ2v) is 4.31. The highest BCUT2D eigenvalue weighted by Crippen LogP contribution is 2.35. The van der Waals surface area contributed by atoms with Gasteiger partial charge in [0.1, 0.15) is 0 Å². The normalized spacial score (nSPS) is 11.4. The van der Waals surface area contributed by atoms with Crippen LogP contribution < -0.4 is 11.1 Å². The van der Waals surface area contributed by atoms with Gasteiger partial charge in [-0.3, -0.25) is 4.79 Å². The van der Waals surface area contributed by atoms with Gasteiger partial charge >= 0.3 is 6.18 Å². The molecule has 0 bridgehead atoms. The second kappa shape index (κ2) is 6.45. The van der Waals surface area contributed by atoms with Gasteiger partial charge in [0.2, 0.25) is 5.91 Å². The molecule has 0 aliphatic heterocycles. The van der Waals surface area contributed by atoms with Crippen LogP contribution in [0.3, 0.4) is 0 Å². The Balaban J connectivity index is 2.72. The standard InChI is InChI=1S/C13H17F3N2O/c1-2-3-4-5-12(19)18-9-6-7-11(17)10(8-9)13(14,15)16/h6-8H,2-5,17H2,1H3,(H,18,19). The number of carbonyl (C=O) groups excluding carboxylic acids is 1. The monoisotopic (exact) mass is 274 g/mol. The molecule has 0 fully saturated rings. The van der Waals surface area contributed by atoms with E-state index >= 15 is 0 Å². The molecule has 1 amide bonds. The molecular weight excluding hydrogens is 257 g/mol. The van der Waals surface area contributed by atoms with E-state index in [9.17, 15) is 18.0 Å². The first-order valence-corrected chi connectivity index (χ1v) is 6.11. The molecule has 1 rings (SSSR count). The first-order chi connectivity index (χ1) is 8.84. The maximum absolute atomic E-state index is 12.6. The number of anilines is 2. The zero-order valence-electron chi connectivity index (χ0n) is 10.7. The van der Waals surface area contributed by atoms with E-state index in [2.05, 4.69) is 5.32 Å². The molecule has 106 valence electrons. The van der Waals surface area contributed by atoms with Crippen LogP contribution in [0.25, 0.3) is 0 Å². The zero-order valence-corrected chi connectivity index (χ0v) is 10.7. The molecule has 0 aromatic heterocycles. The van der Waals surface area contributed by atoms with Crippen molar-refractivity contribution < 1.29 is 18.0 Å². The molecule has 0 spiro atoms. The molecule has 1 aromatic rings. The van der Waals surface area contributed by atoms with E-state index in [4.69, 9.17) is 5.73 Å². The minimum absolute atomic E-state index is 0.114. The molecule has 0 saturated heterocycles. The van der Waals surface area contributed by atoms with Crippen molar-refractivity contribution in [1.29, 1.82) is 0 Å². The van der Waals surface area contributed by atoms with Crippen molar-refractivity contribution in [3.8, 4) is 0 Å². The first kappa shape index (κ1) is 15.3. The molecule has 0 atom stereocenters. The first-order valence-electron chi connectivity index (χ1n) is 6.11. The van der Waals surface area contributed by atoms with Crippen molar-refractivity contribution in [2.75, 3.05) is 11.1 Å². The molecule has 0 saturated carbocycles. The Bertz CT molecular complexity index is 444. The van der Waals surface area contributed by atoms with Crippen molar-refractivity contribution in [3.63, 3.8) is 0 Å². The van der Waals surface area contributed by atoms with E-state index in [0.29, 0.717) is 6.42 Å². The highest BCUT2D eigenvalue weighted by molar-refractivity contribution is 5.91. The van der Waals surface area contributed by atoms with Crippen molar-refractivity contribution >= 4 is 17.3 Å². The van der Waals surface area contributed by atoms with E-state index in [1.807, 2.05) is 6.92 Å². The van der Waals surface area contributed by atoms with Crippen LogP contribution in [0.5, 0.6) is 0 Å². The van der Waals surface area contributed by atoms with Crippen LogP contribution in [0.2, 0.25) is 0 Å². The summed E-state index contributed by atoms with van der Waals surface area (Å²) in [5, 5.41) is 2.45. The topological polar surface area (TPSA) is 55.1 Å². The molecule has 1 aromatic carbocycles. The van der Waals surface area contributed by atoms with Crippen molar-refractivity contribution in [3.05, 3.63) is 23.8 Å². The van der Waals surface area contributed by atoms with Crippen LogP contribution in [-0.2, 0) is 11.0 Å². The average molecular weight is 274 g/mol. The lowest BCUT2D eigenvalue weighted by Crippen LogP contribution is -2.14. The van der Waals surface area contributed by atoms with Crippen LogP contribution in [-0.4, -0.2) is 5.91 Å². The molecule has 6 heteroatoms. The molecule has 3 nitrogen and oxygen atoms in total. The minimum atomic E-state index is -4.52. The van der Waals surface area contributed by atoms with Crippen molar-refractivity contribution in [2.45, 2.75) is 38.8 Å². The van der Waals surface area contributed by atoms with E-state index in [1.54, 1.807) is 0 Å². The number of nitrogen functional groups attached to an aromatic ring is 1. The highest BCUT2D eigenvalue weighted by Gasteiger charge is 2.33.